The number of rotatable bonds is 10. The molecule has 1 fully saturated rings. The first-order chi connectivity index (χ1) is 11.7. The van der Waals surface area contributed by atoms with Crippen LogP contribution in [0, 0.1) is 5.92 Å². The third-order valence-electron chi connectivity index (χ3n) is 4.96. The highest BCUT2D eigenvalue weighted by atomic mass is 16.5. The van der Waals surface area contributed by atoms with Gasteiger partial charge in [0.15, 0.2) is 0 Å². The topological polar surface area (TPSA) is 52.6 Å². The summed E-state index contributed by atoms with van der Waals surface area (Å²) in [4.78, 5) is 24.7. The Bertz CT molecular complexity index is 419. The standard InChI is InChI=1S/C20H34O4/c1-4-5-6-7-8-12-15-17(19(21)23-2)18(20(22)24-3)16-13-10-9-11-14-16/h16H,4-15H2,1-3H3. The molecule has 4 nitrogen and oxygen atoms in total. The van der Waals surface area contributed by atoms with E-state index in [9.17, 15) is 9.59 Å². The highest BCUT2D eigenvalue weighted by Crippen LogP contribution is 2.33. The molecule has 138 valence electrons. The molecule has 0 aromatic rings. The zero-order valence-electron chi connectivity index (χ0n) is 15.7. The highest BCUT2D eigenvalue weighted by molar-refractivity contribution is 6.00. The Labute approximate surface area is 147 Å². The van der Waals surface area contributed by atoms with Crippen LogP contribution >= 0.6 is 0 Å². The summed E-state index contributed by atoms with van der Waals surface area (Å²) in [5.74, 6) is -0.580. The number of carbonyl (C=O) groups excluding carboxylic acids is 2. The van der Waals surface area contributed by atoms with Crippen molar-refractivity contribution in [2.24, 2.45) is 5.92 Å². The van der Waals surface area contributed by atoms with Gasteiger partial charge in [0.2, 0.25) is 0 Å². The minimum atomic E-state index is -0.366. The lowest BCUT2D eigenvalue weighted by molar-refractivity contribution is -0.140. The lowest BCUT2D eigenvalue weighted by Crippen LogP contribution is -2.23. The second-order valence-electron chi connectivity index (χ2n) is 6.73. The second kappa shape index (κ2) is 12.1. The maximum absolute atomic E-state index is 12.4. The smallest absolute Gasteiger partial charge is 0.334 e. The van der Waals surface area contributed by atoms with Crippen molar-refractivity contribution in [1.82, 2.24) is 0 Å². The van der Waals surface area contributed by atoms with Crippen molar-refractivity contribution < 1.29 is 19.1 Å². The van der Waals surface area contributed by atoms with Gasteiger partial charge < -0.3 is 9.47 Å². The van der Waals surface area contributed by atoms with Crippen molar-refractivity contribution in [1.29, 1.82) is 0 Å². The Kier molecular flexibility index (Phi) is 10.4. The third kappa shape index (κ3) is 6.66. The molecule has 0 atom stereocenters. The second-order valence-corrected chi connectivity index (χ2v) is 6.73. The Balaban J connectivity index is 2.85. The molecule has 0 radical (unpaired) electrons. The summed E-state index contributed by atoms with van der Waals surface area (Å²) in [5, 5.41) is 0. The number of unbranched alkanes of at least 4 members (excludes halogenated alkanes) is 5. The zero-order chi connectivity index (χ0) is 17.8. The fourth-order valence-corrected chi connectivity index (χ4v) is 3.59. The van der Waals surface area contributed by atoms with Gasteiger partial charge in [-0.2, -0.15) is 0 Å². The fourth-order valence-electron chi connectivity index (χ4n) is 3.59. The molecule has 24 heavy (non-hydrogen) atoms. The Morgan fingerprint density at radius 3 is 2.00 bits per heavy atom. The SMILES string of the molecule is CCCCCCCCC(C(=O)OC)=C(C(=O)OC)C1CCCCC1. The molecule has 0 aliphatic heterocycles. The van der Waals surface area contributed by atoms with Crippen LogP contribution in [-0.2, 0) is 19.1 Å². The summed E-state index contributed by atoms with van der Waals surface area (Å²) < 4.78 is 9.97. The molecule has 0 amide bonds. The lowest BCUT2D eigenvalue weighted by Gasteiger charge is -2.25. The van der Waals surface area contributed by atoms with Crippen molar-refractivity contribution in [2.75, 3.05) is 14.2 Å². The average molecular weight is 338 g/mol. The molecule has 0 unspecified atom stereocenters. The van der Waals surface area contributed by atoms with Crippen molar-refractivity contribution >= 4 is 11.9 Å². The van der Waals surface area contributed by atoms with E-state index in [1.165, 1.54) is 46.3 Å². The van der Waals surface area contributed by atoms with E-state index >= 15 is 0 Å². The first-order valence-electron chi connectivity index (χ1n) is 9.55. The molecule has 4 heteroatoms. The lowest BCUT2D eigenvalue weighted by atomic mass is 9.80. The van der Waals surface area contributed by atoms with E-state index in [2.05, 4.69) is 6.92 Å². The molecule has 0 saturated heterocycles. The molecule has 0 N–H and O–H groups in total. The van der Waals surface area contributed by atoms with Gasteiger partial charge in [0.05, 0.1) is 19.8 Å². The number of methoxy groups -OCH3 is 2. The van der Waals surface area contributed by atoms with Crippen molar-refractivity contribution in [3.05, 3.63) is 11.1 Å². The maximum atomic E-state index is 12.4. The van der Waals surface area contributed by atoms with E-state index in [-0.39, 0.29) is 17.9 Å². The molecular formula is C20H34O4. The predicted molar refractivity (Wildman–Crippen MR) is 95.6 cm³/mol. The average Bonchev–Trinajstić information content (AvgIpc) is 2.63. The summed E-state index contributed by atoms with van der Waals surface area (Å²) >= 11 is 0. The molecule has 0 heterocycles. The summed E-state index contributed by atoms with van der Waals surface area (Å²) in [5.41, 5.74) is 1.13. The Morgan fingerprint density at radius 2 is 1.42 bits per heavy atom. The van der Waals surface area contributed by atoms with Gasteiger partial charge in [0, 0.05) is 5.57 Å². The predicted octanol–water partition coefficient (Wildman–Crippen LogP) is 4.96. The maximum Gasteiger partial charge on any atom is 0.334 e. The third-order valence-corrected chi connectivity index (χ3v) is 4.96. The molecule has 0 bridgehead atoms. The number of esters is 2. The molecule has 1 aliphatic rings. The number of ether oxygens (including phenoxy) is 2. The van der Waals surface area contributed by atoms with Gasteiger partial charge in [-0.05, 0) is 31.6 Å². The monoisotopic (exact) mass is 338 g/mol. The van der Waals surface area contributed by atoms with E-state index < -0.39 is 0 Å². The van der Waals surface area contributed by atoms with Gasteiger partial charge in [-0.25, -0.2) is 9.59 Å². The van der Waals surface area contributed by atoms with Gasteiger partial charge in [0.1, 0.15) is 0 Å². The van der Waals surface area contributed by atoms with Crippen LogP contribution in [-0.4, -0.2) is 26.2 Å². The molecular weight excluding hydrogens is 304 g/mol. The Morgan fingerprint density at radius 1 is 0.833 bits per heavy atom. The minimum Gasteiger partial charge on any atom is -0.466 e. The summed E-state index contributed by atoms with van der Waals surface area (Å²) in [6.07, 6.45) is 12.9. The number of hydrogen-bond donors (Lipinski definition) is 0. The van der Waals surface area contributed by atoms with E-state index in [1.807, 2.05) is 0 Å². The van der Waals surface area contributed by atoms with E-state index in [1.54, 1.807) is 0 Å². The van der Waals surface area contributed by atoms with E-state index in [4.69, 9.17) is 9.47 Å². The first-order valence-corrected chi connectivity index (χ1v) is 9.55. The summed E-state index contributed by atoms with van der Waals surface area (Å²) in [6, 6.07) is 0. The van der Waals surface area contributed by atoms with E-state index in [0.29, 0.717) is 17.6 Å². The largest absolute Gasteiger partial charge is 0.466 e. The van der Waals surface area contributed by atoms with Crippen molar-refractivity contribution in [3.63, 3.8) is 0 Å². The minimum absolute atomic E-state index is 0.139. The zero-order valence-corrected chi connectivity index (χ0v) is 15.7. The van der Waals surface area contributed by atoms with Crippen LogP contribution < -0.4 is 0 Å². The summed E-state index contributed by atoms with van der Waals surface area (Å²) in [6.45, 7) is 2.20. The number of carbonyl (C=O) groups is 2. The van der Waals surface area contributed by atoms with Crippen LogP contribution in [0.3, 0.4) is 0 Å². The van der Waals surface area contributed by atoms with Gasteiger partial charge in [-0.1, -0.05) is 58.3 Å². The first kappa shape index (κ1) is 20.7. The molecule has 1 rings (SSSR count). The van der Waals surface area contributed by atoms with E-state index in [0.717, 1.165) is 38.5 Å². The van der Waals surface area contributed by atoms with Gasteiger partial charge in [0.25, 0.3) is 0 Å². The van der Waals surface area contributed by atoms with Crippen LogP contribution in [0.1, 0.15) is 84.0 Å². The van der Waals surface area contributed by atoms with Crippen molar-refractivity contribution in [3.8, 4) is 0 Å². The fraction of sp³-hybridized carbons (Fsp3) is 0.800. The molecule has 0 spiro atoms. The highest BCUT2D eigenvalue weighted by Gasteiger charge is 2.30. The number of hydrogen-bond acceptors (Lipinski definition) is 4. The molecule has 1 aliphatic carbocycles. The van der Waals surface area contributed by atoms with Gasteiger partial charge in [-0.3, -0.25) is 0 Å². The normalized spacial score (nSPS) is 16.5. The van der Waals surface area contributed by atoms with Crippen LogP contribution in [0.25, 0.3) is 0 Å². The van der Waals surface area contributed by atoms with Crippen LogP contribution in [0.4, 0.5) is 0 Å². The van der Waals surface area contributed by atoms with Gasteiger partial charge >= 0.3 is 11.9 Å². The Hall–Kier alpha value is -1.32. The van der Waals surface area contributed by atoms with Crippen molar-refractivity contribution in [2.45, 2.75) is 84.0 Å². The van der Waals surface area contributed by atoms with Crippen LogP contribution in [0.2, 0.25) is 0 Å². The molecule has 1 saturated carbocycles. The molecule has 0 aromatic heterocycles. The quantitative estimate of drug-likeness (QED) is 0.321. The summed E-state index contributed by atoms with van der Waals surface area (Å²) in [7, 11) is 2.78. The van der Waals surface area contributed by atoms with Gasteiger partial charge in [-0.15, -0.1) is 0 Å². The van der Waals surface area contributed by atoms with Crippen LogP contribution in [0.5, 0.6) is 0 Å². The van der Waals surface area contributed by atoms with Crippen LogP contribution in [0.15, 0.2) is 11.1 Å². The molecule has 0 aromatic carbocycles.